The summed E-state index contributed by atoms with van der Waals surface area (Å²) in [6.07, 6.45) is 5.89. The van der Waals surface area contributed by atoms with Gasteiger partial charge in [-0.25, -0.2) is 4.79 Å². The fraction of sp³-hybridized carbons (Fsp3) is 0.273. The van der Waals surface area contributed by atoms with Gasteiger partial charge in [0.05, 0.1) is 0 Å². The molecule has 3 nitrogen and oxygen atoms in total. The van der Waals surface area contributed by atoms with Crippen molar-refractivity contribution >= 4 is 11.5 Å². The van der Waals surface area contributed by atoms with Crippen molar-refractivity contribution in [3.63, 3.8) is 0 Å². The van der Waals surface area contributed by atoms with E-state index in [2.05, 4.69) is 4.98 Å². The predicted molar refractivity (Wildman–Crippen MR) is 52.6 cm³/mol. The number of pyridine rings is 1. The zero-order valence-corrected chi connectivity index (χ0v) is 7.73. The highest BCUT2D eigenvalue weighted by atomic mass is 16.4. The first kappa shape index (κ1) is 8.94. The molecule has 0 bridgehead atoms. The maximum Gasteiger partial charge on any atom is 0.331 e. The number of nitrogens with zero attached hydrogens (tertiary/aromatic N) is 1. The zero-order chi connectivity index (χ0) is 9.97. The fourth-order valence-electron chi connectivity index (χ4n) is 1.84. The van der Waals surface area contributed by atoms with Crippen LogP contribution in [0.5, 0.6) is 0 Å². The number of hydrogen-bond acceptors (Lipinski definition) is 2. The second-order valence-electron chi connectivity index (χ2n) is 3.36. The third kappa shape index (κ3) is 1.53. The Balaban J connectivity index is 2.43. The van der Waals surface area contributed by atoms with Crippen molar-refractivity contribution in [2.45, 2.75) is 19.3 Å². The van der Waals surface area contributed by atoms with Crippen LogP contribution in [0.3, 0.4) is 0 Å². The van der Waals surface area contributed by atoms with Crippen LogP contribution in [0.1, 0.15) is 24.8 Å². The van der Waals surface area contributed by atoms with Crippen molar-refractivity contribution in [1.82, 2.24) is 4.98 Å². The molecule has 1 aliphatic carbocycles. The van der Waals surface area contributed by atoms with E-state index in [1.807, 2.05) is 12.1 Å². The van der Waals surface area contributed by atoms with E-state index in [1.54, 1.807) is 12.4 Å². The zero-order valence-electron chi connectivity index (χ0n) is 7.73. The minimum atomic E-state index is -0.790. The first-order valence-electron chi connectivity index (χ1n) is 4.65. The van der Waals surface area contributed by atoms with Gasteiger partial charge in [-0.15, -0.1) is 0 Å². The van der Waals surface area contributed by atoms with E-state index in [1.165, 1.54) is 0 Å². The lowest BCUT2D eigenvalue weighted by Crippen LogP contribution is -1.99. The molecule has 0 amide bonds. The highest BCUT2D eigenvalue weighted by molar-refractivity contribution is 5.97. The maximum atomic E-state index is 10.9. The van der Waals surface area contributed by atoms with E-state index in [0.717, 1.165) is 24.0 Å². The number of carbonyl (C=O) groups is 1. The number of aliphatic carboxylic acids is 1. The van der Waals surface area contributed by atoms with Gasteiger partial charge in [0.25, 0.3) is 0 Å². The topological polar surface area (TPSA) is 50.2 Å². The lowest BCUT2D eigenvalue weighted by atomic mass is 10.0. The molecule has 0 radical (unpaired) electrons. The van der Waals surface area contributed by atoms with Crippen LogP contribution in [0, 0.1) is 0 Å². The van der Waals surface area contributed by atoms with E-state index < -0.39 is 5.97 Å². The maximum absolute atomic E-state index is 10.9. The SMILES string of the molecule is O=C(O)C1=C(c2cccnc2)CCC1. The van der Waals surface area contributed by atoms with Gasteiger partial charge in [0.15, 0.2) is 0 Å². The summed E-state index contributed by atoms with van der Waals surface area (Å²) in [5, 5.41) is 8.97. The molecule has 0 spiro atoms. The second kappa shape index (κ2) is 3.62. The molecule has 0 fully saturated rings. The van der Waals surface area contributed by atoms with Crippen LogP contribution >= 0.6 is 0 Å². The Morgan fingerprint density at radius 3 is 2.93 bits per heavy atom. The largest absolute Gasteiger partial charge is 0.478 e. The minimum Gasteiger partial charge on any atom is -0.478 e. The lowest BCUT2D eigenvalue weighted by molar-refractivity contribution is -0.132. The van der Waals surface area contributed by atoms with Crippen LogP contribution in [0.15, 0.2) is 30.1 Å². The van der Waals surface area contributed by atoms with Gasteiger partial charge in [-0.05, 0) is 36.5 Å². The summed E-state index contributed by atoms with van der Waals surface area (Å²) in [6, 6.07) is 3.75. The monoisotopic (exact) mass is 189 g/mol. The molecule has 0 atom stereocenters. The average molecular weight is 189 g/mol. The summed E-state index contributed by atoms with van der Waals surface area (Å²) in [6.45, 7) is 0. The molecule has 14 heavy (non-hydrogen) atoms. The molecular weight excluding hydrogens is 178 g/mol. The highest BCUT2D eigenvalue weighted by Gasteiger charge is 2.20. The van der Waals surface area contributed by atoms with Gasteiger partial charge in [0, 0.05) is 18.0 Å². The Bertz CT molecular complexity index is 382. The van der Waals surface area contributed by atoms with E-state index in [-0.39, 0.29) is 0 Å². The van der Waals surface area contributed by atoms with Gasteiger partial charge in [0.2, 0.25) is 0 Å². The standard InChI is InChI=1S/C11H11NO2/c13-11(14)10-5-1-4-9(10)8-3-2-6-12-7-8/h2-3,6-7H,1,4-5H2,(H,13,14). The minimum absolute atomic E-state index is 0.554. The number of rotatable bonds is 2. The third-order valence-corrected chi connectivity index (χ3v) is 2.49. The molecular formula is C11H11NO2. The number of aromatic nitrogens is 1. The Labute approximate surface area is 82.1 Å². The van der Waals surface area contributed by atoms with Crippen molar-refractivity contribution in [1.29, 1.82) is 0 Å². The Morgan fingerprint density at radius 1 is 1.43 bits per heavy atom. The van der Waals surface area contributed by atoms with Crippen molar-refractivity contribution in [3.8, 4) is 0 Å². The molecule has 2 rings (SSSR count). The normalized spacial score (nSPS) is 16.0. The van der Waals surface area contributed by atoms with Gasteiger partial charge in [-0.3, -0.25) is 4.98 Å². The Hall–Kier alpha value is -1.64. The van der Waals surface area contributed by atoms with Gasteiger partial charge < -0.3 is 5.11 Å². The molecule has 1 aromatic heterocycles. The van der Waals surface area contributed by atoms with Crippen LogP contribution in [-0.2, 0) is 4.79 Å². The molecule has 0 aliphatic heterocycles. The molecule has 0 unspecified atom stereocenters. The first-order valence-corrected chi connectivity index (χ1v) is 4.65. The summed E-state index contributed by atoms with van der Waals surface area (Å²) in [5.41, 5.74) is 2.45. The molecule has 72 valence electrons. The third-order valence-electron chi connectivity index (χ3n) is 2.49. The quantitative estimate of drug-likeness (QED) is 0.775. The number of allylic oxidation sites excluding steroid dienone is 1. The molecule has 3 heteroatoms. The summed E-state index contributed by atoms with van der Waals surface area (Å²) in [7, 11) is 0. The average Bonchev–Trinajstić information content (AvgIpc) is 2.67. The smallest absolute Gasteiger partial charge is 0.331 e. The predicted octanol–water partition coefficient (Wildman–Crippen LogP) is 2.10. The van der Waals surface area contributed by atoms with Crippen molar-refractivity contribution in [2.24, 2.45) is 0 Å². The number of carboxylic acid groups (broad SMARTS) is 1. The van der Waals surface area contributed by atoms with E-state index in [0.29, 0.717) is 12.0 Å². The van der Waals surface area contributed by atoms with Crippen LogP contribution < -0.4 is 0 Å². The Kier molecular flexibility index (Phi) is 2.31. The second-order valence-corrected chi connectivity index (χ2v) is 3.36. The lowest BCUT2D eigenvalue weighted by Gasteiger charge is -2.02. The molecule has 0 saturated heterocycles. The van der Waals surface area contributed by atoms with Crippen molar-refractivity contribution in [3.05, 3.63) is 35.7 Å². The first-order chi connectivity index (χ1) is 6.79. The van der Waals surface area contributed by atoms with E-state index in [4.69, 9.17) is 5.11 Å². The molecule has 1 aliphatic rings. The van der Waals surface area contributed by atoms with Crippen LogP contribution in [0.4, 0.5) is 0 Å². The fourth-order valence-corrected chi connectivity index (χ4v) is 1.84. The van der Waals surface area contributed by atoms with Crippen molar-refractivity contribution < 1.29 is 9.90 Å². The van der Waals surface area contributed by atoms with Crippen LogP contribution in [-0.4, -0.2) is 16.1 Å². The van der Waals surface area contributed by atoms with Gasteiger partial charge in [-0.1, -0.05) is 6.07 Å². The summed E-state index contributed by atoms with van der Waals surface area (Å²) in [4.78, 5) is 14.9. The molecule has 1 heterocycles. The Morgan fingerprint density at radius 2 is 2.29 bits per heavy atom. The van der Waals surface area contributed by atoms with Gasteiger partial charge in [-0.2, -0.15) is 0 Å². The summed E-state index contributed by atoms with van der Waals surface area (Å²) < 4.78 is 0. The number of carboxylic acids is 1. The molecule has 1 N–H and O–H groups in total. The molecule has 0 saturated carbocycles. The van der Waals surface area contributed by atoms with Gasteiger partial charge in [0.1, 0.15) is 0 Å². The van der Waals surface area contributed by atoms with Crippen molar-refractivity contribution in [2.75, 3.05) is 0 Å². The summed E-state index contributed by atoms with van der Waals surface area (Å²) >= 11 is 0. The molecule has 1 aromatic rings. The van der Waals surface area contributed by atoms with Gasteiger partial charge >= 0.3 is 5.97 Å². The molecule has 0 aromatic carbocycles. The van der Waals surface area contributed by atoms with Crippen LogP contribution in [0.2, 0.25) is 0 Å². The summed E-state index contributed by atoms with van der Waals surface area (Å²) in [5.74, 6) is -0.790. The van der Waals surface area contributed by atoms with E-state index >= 15 is 0 Å². The number of hydrogen-bond donors (Lipinski definition) is 1. The van der Waals surface area contributed by atoms with Crippen LogP contribution in [0.25, 0.3) is 5.57 Å². The highest BCUT2D eigenvalue weighted by Crippen LogP contribution is 2.33. The van der Waals surface area contributed by atoms with E-state index in [9.17, 15) is 4.79 Å².